The van der Waals surface area contributed by atoms with E-state index in [0.29, 0.717) is 13.2 Å². The Morgan fingerprint density at radius 1 is 1.21 bits per heavy atom. The van der Waals surface area contributed by atoms with E-state index in [1.165, 1.54) is 11.1 Å². The predicted molar refractivity (Wildman–Crippen MR) is 124 cm³/mol. The molecule has 0 aliphatic carbocycles. The van der Waals surface area contributed by atoms with Crippen LogP contribution in [0.4, 0.5) is 0 Å². The van der Waals surface area contributed by atoms with Gasteiger partial charge in [0.1, 0.15) is 0 Å². The second kappa shape index (κ2) is 15.0. The Labute approximate surface area is 186 Å². The molecule has 6 nitrogen and oxygen atoms in total. The minimum Gasteiger partial charge on any atom is -0.379 e. The molecule has 0 amide bonds. The van der Waals surface area contributed by atoms with Gasteiger partial charge in [-0.3, -0.25) is 0 Å². The van der Waals surface area contributed by atoms with Gasteiger partial charge >= 0.3 is 0 Å². The number of hydrogen-bond acceptors (Lipinski definition) is 4. The van der Waals surface area contributed by atoms with E-state index in [0.717, 1.165) is 51.7 Å². The summed E-state index contributed by atoms with van der Waals surface area (Å²) < 4.78 is 16.7. The van der Waals surface area contributed by atoms with Crippen LogP contribution in [0.2, 0.25) is 0 Å². The normalized spacial score (nSPS) is 16.9. The second-order valence-corrected chi connectivity index (χ2v) is 7.01. The zero-order chi connectivity index (χ0) is 19.3. The van der Waals surface area contributed by atoms with Crippen LogP contribution in [0.3, 0.4) is 0 Å². The van der Waals surface area contributed by atoms with Gasteiger partial charge in [0.15, 0.2) is 5.96 Å². The fourth-order valence-electron chi connectivity index (χ4n) is 2.69. The highest BCUT2D eigenvalue weighted by atomic mass is 127. The molecule has 0 radical (unpaired) electrons. The van der Waals surface area contributed by atoms with Crippen molar-refractivity contribution in [2.75, 3.05) is 32.9 Å². The molecule has 0 aromatic heterocycles. The Kier molecular flexibility index (Phi) is 13.5. The summed E-state index contributed by atoms with van der Waals surface area (Å²) in [5, 5.41) is 6.66. The van der Waals surface area contributed by atoms with Crippen LogP contribution >= 0.6 is 24.0 Å². The number of halogens is 1. The molecular weight excluding hydrogens is 469 g/mol. The summed E-state index contributed by atoms with van der Waals surface area (Å²) in [5.74, 6) is 0.842. The lowest BCUT2D eigenvalue weighted by molar-refractivity contribution is 0.0420. The van der Waals surface area contributed by atoms with Crippen molar-refractivity contribution in [1.29, 1.82) is 0 Å². The van der Waals surface area contributed by atoms with Gasteiger partial charge in [0.2, 0.25) is 0 Å². The average molecular weight is 505 g/mol. The lowest BCUT2D eigenvalue weighted by atomic mass is 10.1. The predicted octanol–water partition coefficient (Wildman–Crippen LogP) is 3.48. The minimum absolute atomic E-state index is 0. The highest BCUT2D eigenvalue weighted by Crippen LogP contribution is 2.09. The standard InChI is InChI=1S/C21H35N3O3.HI/c1-4-22-21(23-11-5-12-26-20-10-13-25-16-20)24-14-18-6-8-19(9-7-18)15-27-17(2)3;/h6-9,17,20H,4-5,10-16H2,1-3H3,(H2,22,23,24);1H. The highest BCUT2D eigenvalue weighted by molar-refractivity contribution is 14.0. The number of benzene rings is 1. The number of ether oxygens (including phenoxy) is 3. The van der Waals surface area contributed by atoms with Gasteiger partial charge in [0.25, 0.3) is 0 Å². The number of nitrogens with one attached hydrogen (secondary N) is 2. The van der Waals surface area contributed by atoms with E-state index < -0.39 is 0 Å². The van der Waals surface area contributed by atoms with Crippen LogP contribution < -0.4 is 10.6 Å². The molecule has 1 aromatic carbocycles. The van der Waals surface area contributed by atoms with Crippen LogP contribution in [0.25, 0.3) is 0 Å². The van der Waals surface area contributed by atoms with Crippen molar-refractivity contribution in [3.8, 4) is 0 Å². The minimum atomic E-state index is 0. The van der Waals surface area contributed by atoms with Crippen LogP contribution in [-0.4, -0.2) is 51.1 Å². The lowest BCUT2D eigenvalue weighted by Crippen LogP contribution is -2.38. The Bertz CT molecular complexity index is 546. The molecular formula is C21H36IN3O3. The molecule has 7 heteroatoms. The Morgan fingerprint density at radius 3 is 2.61 bits per heavy atom. The third-order valence-electron chi connectivity index (χ3n) is 4.23. The zero-order valence-corrected chi connectivity index (χ0v) is 19.7. The van der Waals surface area contributed by atoms with Crippen molar-refractivity contribution >= 4 is 29.9 Å². The van der Waals surface area contributed by atoms with E-state index in [1.807, 2.05) is 13.8 Å². The zero-order valence-electron chi connectivity index (χ0n) is 17.4. The first-order valence-corrected chi connectivity index (χ1v) is 10.1. The van der Waals surface area contributed by atoms with Gasteiger partial charge in [0, 0.05) is 26.3 Å². The van der Waals surface area contributed by atoms with Crippen molar-refractivity contribution in [2.24, 2.45) is 4.99 Å². The van der Waals surface area contributed by atoms with Crippen molar-refractivity contribution in [1.82, 2.24) is 10.6 Å². The molecule has 1 aromatic rings. The van der Waals surface area contributed by atoms with Crippen LogP contribution in [0.5, 0.6) is 0 Å². The molecule has 1 heterocycles. The fourth-order valence-corrected chi connectivity index (χ4v) is 2.69. The third kappa shape index (κ3) is 10.6. The van der Waals surface area contributed by atoms with Gasteiger partial charge in [-0.25, -0.2) is 4.99 Å². The summed E-state index contributed by atoms with van der Waals surface area (Å²) in [5.41, 5.74) is 2.37. The SMILES string of the molecule is CCNC(=NCc1ccc(COC(C)C)cc1)NCCCOC1CCOC1.I. The van der Waals surface area contributed by atoms with Gasteiger partial charge < -0.3 is 24.8 Å². The molecule has 0 bridgehead atoms. The van der Waals surface area contributed by atoms with E-state index in [9.17, 15) is 0 Å². The molecule has 1 unspecified atom stereocenters. The Morgan fingerprint density at radius 2 is 1.96 bits per heavy atom. The number of rotatable bonds is 11. The molecule has 1 fully saturated rings. The quantitative estimate of drug-likeness (QED) is 0.209. The van der Waals surface area contributed by atoms with Crippen molar-refractivity contribution in [3.05, 3.63) is 35.4 Å². The largest absolute Gasteiger partial charge is 0.379 e. The Balaban J connectivity index is 0.00000392. The second-order valence-electron chi connectivity index (χ2n) is 7.01. The fraction of sp³-hybridized carbons (Fsp3) is 0.667. The summed E-state index contributed by atoms with van der Waals surface area (Å²) in [6.45, 7) is 11.5. The van der Waals surface area contributed by atoms with Gasteiger partial charge in [-0.1, -0.05) is 24.3 Å². The summed E-state index contributed by atoms with van der Waals surface area (Å²) >= 11 is 0. The van der Waals surface area contributed by atoms with Crippen LogP contribution in [0, 0.1) is 0 Å². The van der Waals surface area contributed by atoms with E-state index in [-0.39, 0.29) is 36.2 Å². The van der Waals surface area contributed by atoms with E-state index in [1.54, 1.807) is 0 Å². The number of nitrogens with zero attached hydrogens (tertiary/aromatic N) is 1. The molecule has 1 saturated heterocycles. The average Bonchev–Trinajstić information content (AvgIpc) is 3.18. The summed E-state index contributed by atoms with van der Waals surface area (Å²) in [4.78, 5) is 4.67. The van der Waals surface area contributed by atoms with Gasteiger partial charge in [0.05, 0.1) is 32.0 Å². The van der Waals surface area contributed by atoms with Gasteiger partial charge in [-0.15, -0.1) is 24.0 Å². The lowest BCUT2D eigenvalue weighted by Gasteiger charge is -2.13. The van der Waals surface area contributed by atoms with Crippen LogP contribution in [0.1, 0.15) is 44.7 Å². The molecule has 1 aliphatic heterocycles. The third-order valence-corrected chi connectivity index (χ3v) is 4.23. The topological polar surface area (TPSA) is 64.1 Å². The molecule has 160 valence electrons. The molecule has 2 rings (SSSR count). The molecule has 0 spiro atoms. The van der Waals surface area contributed by atoms with Gasteiger partial charge in [-0.2, -0.15) is 0 Å². The van der Waals surface area contributed by atoms with Crippen molar-refractivity contribution < 1.29 is 14.2 Å². The molecule has 28 heavy (non-hydrogen) atoms. The molecule has 0 saturated carbocycles. The first-order chi connectivity index (χ1) is 13.2. The first kappa shape index (κ1) is 25.1. The number of aliphatic imine (C=N–C) groups is 1. The van der Waals surface area contributed by atoms with E-state index in [2.05, 4.69) is 46.8 Å². The molecule has 1 aliphatic rings. The summed E-state index contributed by atoms with van der Waals surface area (Å²) in [6.07, 6.45) is 2.49. The monoisotopic (exact) mass is 505 g/mol. The number of hydrogen-bond donors (Lipinski definition) is 2. The molecule has 1 atom stereocenters. The first-order valence-electron chi connectivity index (χ1n) is 10.1. The Hall–Kier alpha value is -0.900. The van der Waals surface area contributed by atoms with Crippen LogP contribution in [0.15, 0.2) is 29.3 Å². The van der Waals surface area contributed by atoms with Crippen LogP contribution in [-0.2, 0) is 27.4 Å². The maximum Gasteiger partial charge on any atom is 0.191 e. The van der Waals surface area contributed by atoms with Gasteiger partial charge in [-0.05, 0) is 44.7 Å². The van der Waals surface area contributed by atoms with Crippen molar-refractivity contribution in [3.63, 3.8) is 0 Å². The smallest absolute Gasteiger partial charge is 0.191 e. The van der Waals surface area contributed by atoms with Crippen molar-refractivity contribution in [2.45, 2.75) is 59.0 Å². The summed E-state index contributed by atoms with van der Waals surface area (Å²) in [6, 6.07) is 8.45. The van der Waals surface area contributed by atoms with E-state index >= 15 is 0 Å². The summed E-state index contributed by atoms with van der Waals surface area (Å²) in [7, 11) is 0. The maximum atomic E-state index is 5.78. The highest BCUT2D eigenvalue weighted by Gasteiger charge is 2.15. The molecule has 2 N–H and O–H groups in total. The van der Waals surface area contributed by atoms with E-state index in [4.69, 9.17) is 14.2 Å². The number of guanidine groups is 1. The maximum absolute atomic E-state index is 5.78.